The van der Waals surface area contributed by atoms with E-state index in [4.69, 9.17) is 14.5 Å². The second kappa shape index (κ2) is 9.79. The minimum Gasteiger partial charge on any atom is -0.493 e. The number of ketones is 1. The molecule has 0 amide bonds. The van der Waals surface area contributed by atoms with Crippen LogP contribution in [-0.4, -0.2) is 44.1 Å². The molecule has 3 aromatic rings. The van der Waals surface area contributed by atoms with Gasteiger partial charge in [-0.25, -0.2) is 0 Å². The quantitative estimate of drug-likeness (QED) is 0.469. The highest BCUT2D eigenvalue weighted by molar-refractivity contribution is 6.05. The molecule has 1 aliphatic heterocycles. The van der Waals surface area contributed by atoms with Gasteiger partial charge in [-0.05, 0) is 42.9 Å². The molecule has 0 N–H and O–H groups in total. The third-order valence-corrected chi connectivity index (χ3v) is 5.49. The van der Waals surface area contributed by atoms with Gasteiger partial charge in [0.15, 0.2) is 17.3 Å². The zero-order valence-corrected chi connectivity index (χ0v) is 18.8. The summed E-state index contributed by atoms with van der Waals surface area (Å²) in [7, 11) is 5.45. The number of methoxy groups -OCH3 is 1. The van der Waals surface area contributed by atoms with Crippen LogP contribution in [0, 0.1) is 0 Å². The average Bonchev–Trinajstić information content (AvgIpc) is 3.19. The van der Waals surface area contributed by atoms with Crippen LogP contribution >= 0.6 is 0 Å². The van der Waals surface area contributed by atoms with E-state index in [1.54, 1.807) is 7.11 Å². The lowest BCUT2D eigenvalue weighted by Crippen LogP contribution is -2.21. The third kappa shape index (κ3) is 5.06. The zero-order chi connectivity index (χ0) is 22.5. The van der Waals surface area contributed by atoms with Crippen molar-refractivity contribution >= 4 is 11.5 Å². The van der Waals surface area contributed by atoms with Gasteiger partial charge in [-0.1, -0.05) is 54.6 Å². The maximum atomic E-state index is 12.2. The Balaban J connectivity index is 1.47. The number of carbonyl (C=O) groups excluding carboxylic acids is 1. The van der Waals surface area contributed by atoms with Gasteiger partial charge in [-0.3, -0.25) is 9.79 Å². The predicted molar refractivity (Wildman–Crippen MR) is 127 cm³/mol. The molecule has 5 nitrogen and oxygen atoms in total. The monoisotopic (exact) mass is 428 g/mol. The van der Waals surface area contributed by atoms with Crippen LogP contribution in [0.4, 0.5) is 0 Å². The molecule has 0 aromatic heterocycles. The summed E-state index contributed by atoms with van der Waals surface area (Å²) >= 11 is 0. The van der Waals surface area contributed by atoms with E-state index in [1.807, 2.05) is 85.7 Å². The minimum absolute atomic E-state index is 0.123. The van der Waals surface area contributed by atoms with Crippen LogP contribution < -0.4 is 9.47 Å². The van der Waals surface area contributed by atoms with Crippen molar-refractivity contribution in [3.63, 3.8) is 0 Å². The molecule has 1 aliphatic rings. The van der Waals surface area contributed by atoms with Gasteiger partial charge >= 0.3 is 0 Å². The standard InChI is InChI=1S/C27H28N2O3/c1-29(2)17-25(30)21-11-9-19(10-12-21)13-24-23-15-26(31-3)27(14-22(23)16-28-24)32-18-20-7-5-4-6-8-20/h4-12,14-15H,13,16-18H2,1-3H3. The Bertz CT molecular complexity index is 1120. The molecule has 0 radical (unpaired) electrons. The fourth-order valence-electron chi connectivity index (χ4n) is 3.81. The molecule has 4 rings (SSSR count). The van der Waals surface area contributed by atoms with Crippen molar-refractivity contribution in [2.24, 2.45) is 4.99 Å². The van der Waals surface area contributed by atoms with Gasteiger partial charge in [-0.2, -0.15) is 0 Å². The van der Waals surface area contributed by atoms with Crippen LogP contribution in [0.1, 0.15) is 32.6 Å². The zero-order valence-electron chi connectivity index (χ0n) is 18.8. The first-order valence-corrected chi connectivity index (χ1v) is 10.7. The lowest BCUT2D eigenvalue weighted by Gasteiger charge is -2.14. The second-order valence-corrected chi connectivity index (χ2v) is 8.23. The fraction of sp³-hybridized carbons (Fsp3) is 0.259. The summed E-state index contributed by atoms with van der Waals surface area (Å²) in [6.07, 6.45) is 0.711. The van der Waals surface area contributed by atoms with E-state index in [1.165, 1.54) is 0 Å². The Morgan fingerprint density at radius 1 is 0.969 bits per heavy atom. The Morgan fingerprint density at radius 2 is 1.72 bits per heavy atom. The molecule has 0 spiro atoms. The van der Waals surface area contributed by atoms with Gasteiger partial charge in [0, 0.05) is 23.3 Å². The second-order valence-electron chi connectivity index (χ2n) is 8.23. The summed E-state index contributed by atoms with van der Waals surface area (Å²) in [4.78, 5) is 18.9. The van der Waals surface area contributed by atoms with Gasteiger partial charge in [-0.15, -0.1) is 0 Å². The van der Waals surface area contributed by atoms with Crippen LogP contribution in [0.15, 0.2) is 71.7 Å². The fourth-order valence-corrected chi connectivity index (χ4v) is 3.81. The highest BCUT2D eigenvalue weighted by atomic mass is 16.5. The number of benzene rings is 3. The predicted octanol–water partition coefficient (Wildman–Crippen LogP) is 4.56. The SMILES string of the molecule is COc1cc2c(cc1OCc1ccccc1)CN=C2Cc1ccc(C(=O)CN(C)C)cc1. The van der Waals surface area contributed by atoms with Gasteiger partial charge in [0.25, 0.3) is 0 Å². The van der Waals surface area contributed by atoms with Crippen LogP contribution in [0.3, 0.4) is 0 Å². The summed E-state index contributed by atoms with van der Waals surface area (Å²) in [5, 5.41) is 0. The van der Waals surface area contributed by atoms with Crippen molar-refractivity contribution in [1.29, 1.82) is 0 Å². The molecule has 5 heteroatoms. The lowest BCUT2D eigenvalue weighted by molar-refractivity contribution is 0.0958. The molecule has 0 atom stereocenters. The molecule has 164 valence electrons. The van der Waals surface area contributed by atoms with Crippen molar-refractivity contribution in [2.45, 2.75) is 19.6 Å². The third-order valence-electron chi connectivity index (χ3n) is 5.49. The number of aliphatic imine (C=N–C) groups is 1. The summed E-state index contributed by atoms with van der Waals surface area (Å²) in [5.41, 5.74) is 6.24. The van der Waals surface area contributed by atoms with E-state index in [0.717, 1.165) is 39.3 Å². The molecule has 0 fully saturated rings. The molecule has 0 saturated carbocycles. The van der Waals surface area contributed by atoms with E-state index in [9.17, 15) is 4.79 Å². The van der Waals surface area contributed by atoms with Gasteiger partial charge in [0.1, 0.15) is 6.61 Å². The smallest absolute Gasteiger partial charge is 0.176 e. The Morgan fingerprint density at radius 3 is 2.41 bits per heavy atom. The van der Waals surface area contributed by atoms with E-state index >= 15 is 0 Å². The number of nitrogens with zero attached hydrogens (tertiary/aromatic N) is 2. The number of ether oxygens (including phenoxy) is 2. The Hall–Kier alpha value is -3.44. The molecule has 0 aliphatic carbocycles. The van der Waals surface area contributed by atoms with Crippen LogP contribution in [-0.2, 0) is 19.6 Å². The molecule has 32 heavy (non-hydrogen) atoms. The largest absolute Gasteiger partial charge is 0.493 e. The first kappa shape index (κ1) is 21.8. The average molecular weight is 429 g/mol. The normalized spacial score (nSPS) is 12.4. The van der Waals surface area contributed by atoms with Crippen molar-refractivity contribution in [3.05, 3.63) is 94.5 Å². The van der Waals surface area contributed by atoms with Crippen molar-refractivity contribution in [1.82, 2.24) is 4.90 Å². The molecule has 3 aromatic carbocycles. The number of hydrogen-bond donors (Lipinski definition) is 0. The molecular formula is C27H28N2O3. The molecular weight excluding hydrogens is 400 g/mol. The number of Topliss-reactive ketones (excluding diaryl/α,β-unsaturated/α-hetero) is 1. The summed E-state index contributed by atoms with van der Waals surface area (Å²) in [6.45, 7) is 1.53. The van der Waals surface area contributed by atoms with Crippen LogP contribution in [0.2, 0.25) is 0 Å². The summed E-state index contributed by atoms with van der Waals surface area (Å²) in [5.74, 6) is 1.56. The molecule has 0 bridgehead atoms. The lowest BCUT2D eigenvalue weighted by atomic mass is 9.98. The number of likely N-dealkylation sites (N-methyl/N-ethyl adjacent to an activating group) is 1. The van der Waals surface area contributed by atoms with E-state index < -0.39 is 0 Å². The van der Waals surface area contributed by atoms with Crippen molar-refractivity contribution in [2.75, 3.05) is 27.7 Å². The Labute approximate surface area is 189 Å². The van der Waals surface area contributed by atoms with Crippen molar-refractivity contribution < 1.29 is 14.3 Å². The summed E-state index contributed by atoms with van der Waals surface area (Å²) in [6, 6.07) is 22.0. The highest BCUT2D eigenvalue weighted by Gasteiger charge is 2.20. The Kier molecular flexibility index (Phi) is 6.66. The van der Waals surface area contributed by atoms with E-state index in [-0.39, 0.29) is 5.78 Å². The first-order chi connectivity index (χ1) is 15.5. The number of rotatable bonds is 9. The van der Waals surface area contributed by atoms with E-state index in [2.05, 4.69) is 0 Å². The minimum atomic E-state index is 0.123. The maximum absolute atomic E-state index is 12.2. The molecule has 1 heterocycles. The summed E-state index contributed by atoms with van der Waals surface area (Å²) < 4.78 is 11.7. The molecule has 0 saturated heterocycles. The van der Waals surface area contributed by atoms with Gasteiger partial charge in [0.2, 0.25) is 0 Å². The van der Waals surface area contributed by atoms with Crippen LogP contribution in [0.5, 0.6) is 11.5 Å². The van der Waals surface area contributed by atoms with Gasteiger partial charge < -0.3 is 14.4 Å². The van der Waals surface area contributed by atoms with Crippen LogP contribution in [0.25, 0.3) is 0 Å². The topological polar surface area (TPSA) is 51.1 Å². The molecule has 0 unspecified atom stereocenters. The number of fused-ring (bicyclic) bond motifs is 1. The maximum Gasteiger partial charge on any atom is 0.176 e. The first-order valence-electron chi connectivity index (χ1n) is 10.7. The highest BCUT2D eigenvalue weighted by Crippen LogP contribution is 2.35. The van der Waals surface area contributed by atoms with E-state index in [0.29, 0.717) is 31.9 Å². The van der Waals surface area contributed by atoms with Gasteiger partial charge in [0.05, 0.1) is 20.2 Å². The number of hydrogen-bond acceptors (Lipinski definition) is 5. The number of carbonyl (C=O) groups is 1. The van der Waals surface area contributed by atoms with Crippen molar-refractivity contribution in [3.8, 4) is 11.5 Å².